The van der Waals surface area contributed by atoms with Crippen LogP contribution in [0.4, 0.5) is 10.7 Å². The van der Waals surface area contributed by atoms with E-state index in [1.807, 2.05) is 6.92 Å². The first-order chi connectivity index (χ1) is 13.2. The van der Waals surface area contributed by atoms with Crippen LogP contribution in [0.3, 0.4) is 0 Å². The Hall–Kier alpha value is -3.27. The second-order valence-corrected chi connectivity index (χ2v) is 6.86. The van der Waals surface area contributed by atoms with Crippen LogP contribution in [0.5, 0.6) is 0 Å². The maximum atomic E-state index is 12.1. The van der Waals surface area contributed by atoms with E-state index in [0.29, 0.717) is 10.6 Å². The lowest BCUT2D eigenvalue weighted by atomic mass is 10.1. The summed E-state index contributed by atoms with van der Waals surface area (Å²) in [5, 5.41) is 13.5. The van der Waals surface area contributed by atoms with Crippen LogP contribution in [0, 0.1) is 24.0 Å². The Balaban J connectivity index is 2.01. The van der Waals surface area contributed by atoms with Gasteiger partial charge in [-0.1, -0.05) is 0 Å². The molecule has 1 heterocycles. The number of anilines is 1. The van der Waals surface area contributed by atoms with Gasteiger partial charge >= 0.3 is 11.9 Å². The average Bonchev–Trinajstić information content (AvgIpc) is 2.93. The lowest BCUT2D eigenvalue weighted by molar-refractivity contribution is -0.384. The van der Waals surface area contributed by atoms with Crippen LogP contribution in [0.25, 0.3) is 0 Å². The molecule has 1 aromatic carbocycles. The van der Waals surface area contributed by atoms with Gasteiger partial charge in [-0.25, -0.2) is 9.59 Å². The summed E-state index contributed by atoms with van der Waals surface area (Å²) in [5.41, 5.74) is 0.902. The fourth-order valence-corrected chi connectivity index (χ4v) is 3.33. The third-order valence-corrected chi connectivity index (χ3v) is 4.89. The molecule has 9 nitrogen and oxygen atoms in total. The molecule has 0 saturated heterocycles. The third-order valence-electron chi connectivity index (χ3n) is 3.77. The lowest BCUT2D eigenvalue weighted by Crippen LogP contribution is -2.21. The number of rotatable bonds is 7. The fourth-order valence-electron chi connectivity index (χ4n) is 2.26. The van der Waals surface area contributed by atoms with E-state index in [1.165, 1.54) is 35.6 Å². The van der Waals surface area contributed by atoms with Crippen molar-refractivity contribution in [1.82, 2.24) is 0 Å². The van der Waals surface area contributed by atoms with Crippen molar-refractivity contribution in [1.29, 1.82) is 0 Å². The molecular weight excluding hydrogens is 388 g/mol. The molecule has 0 fully saturated rings. The summed E-state index contributed by atoms with van der Waals surface area (Å²) in [7, 11) is 0. The van der Waals surface area contributed by atoms with E-state index in [0.717, 1.165) is 4.88 Å². The van der Waals surface area contributed by atoms with Gasteiger partial charge in [0.2, 0.25) is 0 Å². The Kier molecular flexibility index (Phi) is 6.83. The highest BCUT2D eigenvalue weighted by atomic mass is 32.1. The SMILES string of the molecule is CCOC(=O)c1c(NC(=O)COC(=O)c2ccc([N+](=O)[O-])cc2)sc(C)c1C. The predicted octanol–water partition coefficient (Wildman–Crippen LogP) is 3.25. The van der Waals surface area contributed by atoms with Gasteiger partial charge in [0.25, 0.3) is 11.6 Å². The minimum atomic E-state index is -0.797. The number of hydrogen-bond acceptors (Lipinski definition) is 8. The molecule has 0 bridgehead atoms. The van der Waals surface area contributed by atoms with Crippen LogP contribution >= 0.6 is 11.3 Å². The van der Waals surface area contributed by atoms with Crippen molar-refractivity contribution in [2.45, 2.75) is 20.8 Å². The minimum absolute atomic E-state index is 0.0772. The highest BCUT2D eigenvalue weighted by molar-refractivity contribution is 7.16. The topological polar surface area (TPSA) is 125 Å². The number of ether oxygens (including phenoxy) is 2. The van der Waals surface area contributed by atoms with E-state index in [4.69, 9.17) is 9.47 Å². The Bertz CT molecular complexity index is 919. The summed E-state index contributed by atoms with van der Waals surface area (Å²) in [6, 6.07) is 4.81. The first-order valence-corrected chi connectivity index (χ1v) is 9.04. The fraction of sp³-hybridized carbons (Fsp3) is 0.278. The monoisotopic (exact) mass is 406 g/mol. The molecule has 2 aromatic rings. The number of nitro groups is 1. The number of thiophene rings is 1. The van der Waals surface area contributed by atoms with Gasteiger partial charge in [0.1, 0.15) is 5.00 Å². The molecule has 0 aliphatic rings. The number of nitrogens with one attached hydrogen (secondary N) is 1. The molecule has 0 aliphatic heterocycles. The van der Waals surface area contributed by atoms with Gasteiger partial charge in [-0.15, -0.1) is 11.3 Å². The zero-order chi connectivity index (χ0) is 20.8. The van der Waals surface area contributed by atoms with E-state index in [2.05, 4.69) is 5.32 Å². The summed E-state index contributed by atoms with van der Waals surface area (Å²) in [4.78, 5) is 47.1. The Morgan fingerprint density at radius 3 is 2.32 bits per heavy atom. The predicted molar refractivity (Wildman–Crippen MR) is 102 cm³/mol. The summed E-state index contributed by atoms with van der Waals surface area (Å²) >= 11 is 1.22. The number of nitrogens with zero attached hydrogens (tertiary/aromatic N) is 1. The van der Waals surface area contributed by atoms with E-state index >= 15 is 0 Å². The van der Waals surface area contributed by atoms with Crippen molar-refractivity contribution >= 4 is 39.9 Å². The maximum absolute atomic E-state index is 12.1. The third kappa shape index (κ3) is 4.92. The average molecular weight is 406 g/mol. The lowest BCUT2D eigenvalue weighted by Gasteiger charge is -2.08. The van der Waals surface area contributed by atoms with Crippen LogP contribution < -0.4 is 5.32 Å². The second-order valence-electron chi connectivity index (χ2n) is 5.64. The van der Waals surface area contributed by atoms with E-state index in [9.17, 15) is 24.5 Å². The minimum Gasteiger partial charge on any atom is -0.462 e. The van der Waals surface area contributed by atoms with Crippen LogP contribution in [-0.2, 0) is 14.3 Å². The molecule has 28 heavy (non-hydrogen) atoms. The number of aryl methyl sites for hydroxylation is 1. The largest absolute Gasteiger partial charge is 0.462 e. The van der Waals surface area contributed by atoms with Crippen molar-refractivity contribution in [3.05, 3.63) is 55.9 Å². The summed E-state index contributed by atoms with van der Waals surface area (Å²) in [6.07, 6.45) is 0. The Morgan fingerprint density at radius 1 is 1.11 bits per heavy atom. The smallest absolute Gasteiger partial charge is 0.341 e. The first-order valence-electron chi connectivity index (χ1n) is 8.23. The number of amides is 1. The molecule has 0 radical (unpaired) electrons. The molecule has 0 aliphatic carbocycles. The zero-order valence-electron chi connectivity index (χ0n) is 15.4. The van der Waals surface area contributed by atoms with Gasteiger partial charge in [-0.05, 0) is 38.5 Å². The van der Waals surface area contributed by atoms with Crippen LogP contribution in [0.15, 0.2) is 24.3 Å². The Labute approximate surface area is 164 Å². The zero-order valence-corrected chi connectivity index (χ0v) is 16.3. The normalized spacial score (nSPS) is 10.2. The van der Waals surface area contributed by atoms with Crippen molar-refractivity contribution in [2.75, 3.05) is 18.5 Å². The Morgan fingerprint density at radius 2 is 1.75 bits per heavy atom. The maximum Gasteiger partial charge on any atom is 0.341 e. The molecule has 1 amide bonds. The van der Waals surface area contributed by atoms with Gasteiger partial charge < -0.3 is 14.8 Å². The molecule has 10 heteroatoms. The standard InChI is InChI=1S/C18H18N2O7S/c1-4-26-18(23)15-10(2)11(3)28-16(15)19-14(21)9-27-17(22)12-5-7-13(8-6-12)20(24)25/h5-8H,4,9H2,1-3H3,(H,19,21). The molecule has 0 spiro atoms. The molecule has 2 rings (SSSR count). The van der Waals surface area contributed by atoms with Crippen molar-refractivity contribution in [2.24, 2.45) is 0 Å². The number of non-ortho nitro benzene ring substituents is 1. The summed E-state index contributed by atoms with van der Waals surface area (Å²) < 4.78 is 9.92. The van der Waals surface area contributed by atoms with E-state index in [1.54, 1.807) is 13.8 Å². The molecule has 1 N–H and O–H groups in total. The number of esters is 2. The molecule has 1 aromatic heterocycles. The van der Waals surface area contributed by atoms with Crippen LogP contribution in [0.2, 0.25) is 0 Å². The van der Waals surface area contributed by atoms with Crippen molar-refractivity contribution in [3.8, 4) is 0 Å². The summed E-state index contributed by atoms with van der Waals surface area (Å²) in [6.45, 7) is 4.87. The number of hydrogen-bond donors (Lipinski definition) is 1. The highest BCUT2D eigenvalue weighted by Gasteiger charge is 2.22. The summed E-state index contributed by atoms with van der Waals surface area (Å²) in [5.74, 6) is -1.96. The van der Waals surface area contributed by atoms with Gasteiger partial charge in [0.15, 0.2) is 6.61 Å². The number of carbonyl (C=O) groups excluding carboxylic acids is 3. The number of benzene rings is 1. The number of carbonyl (C=O) groups is 3. The highest BCUT2D eigenvalue weighted by Crippen LogP contribution is 2.33. The van der Waals surface area contributed by atoms with Gasteiger partial charge in [-0.3, -0.25) is 14.9 Å². The molecular formula is C18H18N2O7S. The number of nitro benzene ring substituents is 1. The van der Waals surface area contributed by atoms with Gasteiger partial charge in [0, 0.05) is 17.0 Å². The molecule has 0 atom stereocenters. The van der Waals surface area contributed by atoms with Crippen molar-refractivity contribution < 1.29 is 28.8 Å². The van der Waals surface area contributed by atoms with Crippen molar-refractivity contribution in [3.63, 3.8) is 0 Å². The first kappa shape index (κ1) is 21.0. The van der Waals surface area contributed by atoms with Gasteiger partial charge in [-0.2, -0.15) is 0 Å². The van der Waals surface area contributed by atoms with Crippen LogP contribution in [0.1, 0.15) is 38.1 Å². The molecule has 0 saturated carbocycles. The van der Waals surface area contributed by atoms with Gasteiger partial charge in [0.05, 0.1) is 22.7 Å². The molecule has 148 valence electrons. The quantitative estimate of drug-likeness (QED) is 0.425. The van der Waals surface area contributed by atoms with E-state index in [-0.39, 0.29) is 23.4 Å². The van der Waals surface area contributed by atoms with Crippen LogP contribution in [-0.4, -0.2) is 36.0 Å². The second kappa shape index (κ2) is 9.09. The molecule has 0 unspecified atom stereocenters. The van der Waals surface area contributed by atoms with E-state index < -0.39 is 29.4 Å².